The molecule has 0 bridgehead atoms. The Morgan fingerprint density at radius 2 is 2.60 bits per heavy atom. The minimum absolute atomic E-state index is 0.472. The van der Waals surface area contributed by atoms with Crippen LogP contribution >= 0.6 is 0 Å². The lowest BCUT2D eigenvalue weighted by atomic mass is 11.5. The molecule has 0 spiro atoms. The largest absolute Gasteiger partial charge is 0.386 e. The van der Waals surface area contributed by atoms with Crippen molar-refractivity contribution in [2.75, 3.05) is 13.3 Å². The maximum absolute atomic E-state index is 9.54. The Balaban J connectivity index is 2.19. The maximum atomic E-state index is 9.54. The molecular formula is C2H7O2Si. The second kappa shape index (κ2) is 4.14. The molecule has 0 amide bonds. The van der Waals surface area contributed by atoms with Gasteiger partial charge in [0, 0.05) is 7.11 Å². The Morgan fingerprint density at radius 1 is 2.00 bits per heavy atom. The average molecular weight is 91.2 g/mol. The molecule has 2 nitrogen and oxygen atoms in total. The molecule has 0 unspecified atom stereocenters. The van der Waals surface area contributed by atoms with E-state index in [0.717, 1.165) is 0 Å². The van der Waals surface area contributed by atoms with Crippen LogP contribution in [0.1, 0.15) is 0 Å². The van der Waals surface area contributed by atoms with Crippen molar-refractivity contribution in [3.63, 3.8) is 0 Å². The Kier molecular flexibility index (Phi) is 4.25. The van der Waals surface area contributed by atoms with E-state index in [1.165, 1.54) is 0 Å². The van der Waals surface area contributed by atoms with Crippen molar-refractivity contribution in [1.29, 1.82) is 0 Å². The van der Waals surface area contributed by atoms with Crippen molar-refractivity contribution in [1.82, 2.24) is 0 Å². The first-order chi connectivity index (χ1) is 2.41. The van der Waals surface area contributed by atoms with Gasteiger partial charge in [-0.15, -0.1) is 0 Å². The van der Waals surface area contributed by atoms with Crippen LogP contribution in [0, 0.1) is 0 Å². The van der Waals surface area contributed by atoms with Gasteiger partial charge in [-0.05, 0) is 0 Å². The minimum Gasteiger partial charge on any atom is -0.386 e. The first-order valence-electron chi connectivity index (χ1n) is 1.49. The van der Waals surface area contributed by atoms with Crippen molar-refractivity contribution in [3.8, 4) is 0 Å². The highest BCUT2D eigenvalue weighted by Crippen LogP contribution is 1.54. The van der Waals surface area contributed by atoms with E-state index >= 15 is 0 Å². The van der Waals surface area contributed by atoms with Gasteiger partial charge in [-0.3, -0.25) is 0 Å². The lowest BCUT2D eigenvalue weighted by molar-refractivity contribution is 0.236. The van der Waals surface area contributed by atoms with Crippen LogP contribution < -0.4 is 0 Å². The lowest BCUT2D eigenvalue weighted by Gasteiger charge is -1.81. The van der Waals surface area contributed by atoms with Gasteiger partial charge in [-0.25, -0.2) is 0 Å². The first-order valence-corrected chi connectivity index (χ1v) is 3.06. The zero-order chi connectivity index (χ0) is 4.12. The second-order valence-corrected chi connectivity index (χ2v) is 1.51. The number of hydrogen-bond donors (Lipinski definition) is 0. The van der Waals surface area contributed by atoms with Gasteiger partial charge < -0.3 is 9.53 Å². The molecule has 0 rings (SSSR count). The lowest BCUT2D eigenvalue weighted by Crippen LogP contribution is -1.95. The summed E-state index contributed by atoms with van der Waals surface area (Å²) in [7, 11) is 0.488. The van der Waals surface area contributed by atoms with Crippen LogP contribution in [-0.2, 0) is 9.53 Å². The van der Waals surface area contributed by atoms with Crippen LogP contribution in [0.25, 0.3) is 0 Å². The van der Waals surface area contributed by atoms with Crippen LogP contribution in [0.15, 0.2) is 0 Å². The molecule has 0 saturated heterocycles. The molecule has 0 saturated carbocycles. The highest BCUT2D eigenvalue weighted by Gasteiger charge is 1.73. The maximum Gasteiger partial charge on any atom is 0.232 e. The first kappa shape index (κ1) is 5.14. The molecule has 0 aliphatic rings. The van der Waals surface area contributed by atoms with E-state index in [4.69, 9.17) is 0 Å². The van der Waals surface area contributed by atoms with E-state index in [-0.39, 0.29) is 0 Å². The summed E-state index contributed by atoms with van der Waals surface area (Å²) < 4.78 is 4.44. The molecule has 0 aliphatic carbocycles. The summed E-state index contributed by atoms with van der Waals surface area (Å²) in [6.45, 7) is 0. The molecule has 1 radical (unpaired) electrons. The molecule has 3 heteroatoms. The average Bonchev–Trinajstić information content (AvgIpc) is 1.41. The van der Waals surface area contributed by atoms with E-state index in [0.29, 0.717) is 6.23 Å². The van der Waals surface area contributed by atoms with Crippen LogP contribution in [0.5, 0.6) is 0 Å². The molecule has 0 atom stereocenters. The van der Waals surface area contributed by atoms with Gasteiger partial charge >= 0.3 is 0 Å². The molecule has 0 aromatic heterocycles. The van der Waals surface area contributed by atoms with E-state index in [9.17, 15) is 4.80 Å². The number of methoxy groups -OCH3 is 1. The Hall–Kier alpha value is 0.137. The van der Waals surface area contributed by atoms with Crippen molar-refractivity contribution in [2.45, 2.75) is 0 Å². The predicted molar refractivity (Wildman–Crippen MR) is 21.1 cm³/mol. The van der Waals surface area contributed by atoms with Crippen LogP contribution in [0.4, 0.5) is 0 Å². The van der Waals surface area contributed by atoms with Gasteiger partial charge in [0.1, 0.15) is 0 Å². The molecule has 0 aromatic carbocycles. The van der Waals surface area contributed by atoms with E-state index < -0.39 is 9.76 Å². The summed E-state index contributed by atoms with van der Waals surface area (Å²) in [5.41, 5.74) is 0. The molecule has 0 aromatic rings. The minimum atomic E-state index is -1.06. The van der Waals surface area contributed by atoms with Crippen molar-refractivity contribution in [2.24, 2.45) is 0 Å². The van der Waals surface area contributed by atoms with Gasteiger partial charge in [-0.2, -0.15) is 0 Å². The Bertz CT molecular complexity index is 15.1. The van der Waals surface area contributed by atoms with Crippen molar-refractivity contribution >= 4 is 9.76 Å². The predicted octanol–water partition coefficient (Wildman–Crippen LogP) is -0.895. The summed E-state index contributed by atoms with van der Waals surface area (Å²) in [6.07, 6.45) is 0.472. The highest BCUT2D eigenvalue weighted by molar-refractivity contribution is 6.24. The van der Waals surface area contributed by atoms with Gasteiger partial charge in [0.05, 0.1) is 6.23 Å². The second-order valence-electron chi connectivity index (χ2n) is 0.697. The van der Waals surface area contributed by atoms with E-state index in [2.05, 4.69) is 4.74 Å². The quantitative estimate of drug-likeness (QED) is 0.405. The summed E-state index contributed by atoms with van der Waals surface area (Å²) in [6, 6.07) is 0. The van der Waals surface area contributed by atoms with Crippen molar-refractivity contribution in [3.05, 3.63) is 0 Å². The Morgan fingerprint density at radius 3 is 2.60 bits per heavy atom. The van der Waals surface area contributed by atoms with Gasteiger partial charge in [0.25, 0.3) is 0 Å². The van der Waals surface area contributed by atoms with E-state index in [1.54, 1.807) is 7.11 Å². The van der Waals surface area contributed by atoms with Gasteiger partial charge in [0.2, 0.25) is 9.76 Å². The van der Waals surface area contributed by atoms with Crippen LogP contribution in [0.3, 0.4) is 0 Å². The van der Waals surface area contributed by atoms with Gasteiger partial charge in [-0.1, -0.05) is 0 Å². The smallest absolute Gasteiger partial charge is 0.232 e. The third-order valence-corrected chi connectivity index (χ3v) is 0.862. The monoisotopic (exact) mass is 91.0 g/mol. The molecule has 5 heavy (non-hydrogen) atoms. The topological polar surface area (TPSA) is 29.1 Å². The summed E-state index contributed by atoms with van der Waals surface area (Å²) in [4.78, 5) is 9.54. The fraction of sp³-hybridized carbons (Fsp3) is 1.00. The van der Waals surface area contributed by atoms with Crippen molar-refractivity contribution < 1.29 is 9.53 Å². The normalized spacial score (nSPS) is 10.8. The number of ether oxygens (including phenoxy) is 1. The molecule has 0 fully saturated rings. The highest BCUT2D eigenvalue weighted by atomic mass is 28.2. The fourth-order valence-corrected chi connectivity index (χ4v) is 0.250. The molecule has 0 N–H and O–H groups in total. The van der Waals surface area contributed by atoms with Gasteiger partial charge in [0.15, 0.2) is 0 Å². The zero-order valence-electron chi connectivity index (χ0n) is 3.23. The fourth-order valence-electron chi connectivity index (χ4n) is 0.0833. The summed E-state index contributed by atoms with van der Waals surface area (Å²) in [5, 5.41) is 0. The molecule has 0 heterocycles. The third kappa shape index (κ3) is 4.14. The summed E-state index contributed by atoms with van der Waals surface area (Å²) >= 11 is 0. The number of rotatable bonds is 2. The third-order valence-electron chi connectivity index (χ3n) is 0.287. The van der Waals surface area contributed by atoms with Crippen LogP contribution in [-0.4, -0.2) is 23.1 Å². The Labute approximate surface area is 33.7 Å². The van der Waals surface area contributed by atoms with Crippen LogP contribution in [0.2, 0.25) is 0 Å². The summed E-state index contributed by atoms with van der Waals surface area (Å²) in [5.74, 6) is 0. The van der Waals surface area contributed by atoms with E-state index in [1.807, 2.05) is 0 Å². The zero-order valence-corrected chi connectivity index (χ0v) is 4.64. The number of hydrogen-bond acceptors (Lipinski definition) is 1. The molecule has 31 valence electrons. The SMILES string of the molecule is COC[SiH2][O]. The molecular weight excluding hydrogens is 84.1 g/mol. The standard InChI is InChI=1S/C2H7O2Si/c1-4-2-5-3/h2,5H2,1H3. The molecule has 0 aliphatic heterocycles.